The van der Waals surface area contributed by atoms with Gasteiger partial charge in [0.1, 0.15) is 6.54 Å². The van der Waals surface area contributed by atoms with E-state index in [1.807, 2.05) is 11.8 Å². The molecule has 2 saturated heterocycles. The number of hydrogen-bond acceptors (Lipinski definition) is 4. The van der Waals surface area contributed by atoms with Crippen LogP contribution in [0.15, 0.2) is 0 Å². The third kappa shape index (κ3) is 2.12. The second-order valence-electron chi connectivity index (χ2n) is 3.37. The lowest BCUT2D eigenvalue weighted by atomic mass is 10.5. The minimum Gasteiger partial charge on any atom is -0.328 e. The van der Waals surface area contributed by atoms with Crippen molar-refractivity contribution in [3.8, 4) is 0 Å². The fourth-order valence-electron chi connectivity index (χ4n) is 1.57. The SMILES string of the molecule is CC(=O)NC1N[NH+]2CC(C)SC2S1. The van der Waals surface area contributed by atoms with Crippen LogP contribution < -0.4 is 15.8 Å². The van der Waals surface area contributed by atoms with Gasteiger partial charge in [0.2, 0.25) is 10.6 Å². The van der Waals surface area contributed by atoms with Crippen LogP contribution in [0, 0.1) is 0 Å². The number of fused-ring (bicyclic) bond motifs is 1. The molecule has 3 N–H and O–H groups in total. The zero-order valence-corrected chi connectivity index (χ0v) is 9.30. The Morgan fingerprint density at radius 1 is 1.62 bits per heavy atom. The van der Waals surface area contributed by atoms with Gasteiger partial charge in [0.05, 0.1) is 5.25 Å². The highest BCUT2D eigenvalue weighted by Gasteiger charge is 2.44. The number of hydrogen-bond donors (Lipinski definition) is 3. The van der Waals surface area contributed by atoms with E-state index in [0.29, 0.717) is 4.71 Å². The van der Waals surface area contributed by atoms with Crippen molar-refractivity contribution in [3.05, 3.63) is 0 Å². The summed E-state index contributed by atoms with van der Waals surface area (Å²) < 4.78 is 0.548. The van der Waals surface area contributed by atoms with Gasteiger partial charge in [-0.25, -0.2) is 5.01 Å². The van der Waals surface area contributed by atoms with E-state index in [2.05, 4.69) is 17.7 Å². The maximum Gasteiger partial charge on any atom is 0.218 e. The normalized spacial score (nSPS) is 43.2. The van der Waals surface area contributed by atoms with Gasteiger partial charge in [-0.1, -0.05) is 11.8 Å². The summed E-state index contributed by atoms with van der Waals surface area (Å²) in [6, 6.07) is 0. The first kappa shape index (κ1) is 9.64. The number of nitrogens with one attached hydrogen (secondary N) is 3. The minimum absolute atomic E-state index is 0.0311. The molecule has 0 aromatic heterocycles. The van der Waals surface area contributed by atoms with Gasteiger partial charge in [0.15, 0.2) is 5.50 Å². The van der Waals surface area contributed by atoms with Gasteiger partial charge >= 0.3 is 0 Å². The Hall–Kier alpha value is 0.0900. The van der Waals surface area contributed by atoms with Gasteiger partial charge < -0.3 is 5.32 Å². The molecular weight excluding hydrogens is 206 g/mol. The first-order valence-corrected chi connectivity index (χ1v) is 6.24. The lowest BCUT2D eigenvalue weighted by Crippen LogP contribution is -3.18. The Kier molecular flexibility index (Phi) is 2.73. The van der Waals surface area contributed by atoms with Crippen LogP contribution in [0.5, 0.6) is 0 Å². The molecule has 0 aromatic carbocycles. The summed E-state index contributed by atoms with van der Waals surface area (Å²) in [5.74, 6) is 0.0311. The largest absolute Gasteiger partial charge is 0.328 e. The standard InChI is InChI=1S/C7H13N3OS2/c1-4-3-10-7(12-4)13-6(9-10)8-5(2)11/h4,6-7,9H,3H2,1-2H3,(H,8,11)/p+1. The van der Waals surface area contributed by atoms with Crippen LogP contribution in [0.3, 0.4) is 0 Å². The molecule has 2 rings (SSSR count). The predicted molar refractivity (Wildman–Crippen MR) is 55.0 cm³/mol. The van der Waals surface area contributed by atoms with E-state index in [-0.39, 0.29) is 11.4 Å². The molecule has 1 amide bonds. The first-order valence-electron chi connectivity index (χ1n) is 4.35. The van der Waals surface area contributed by atoms with Crippen LogP contribution in [0.25, 0.3) is 0 Å². The molecule has 0 bridgehead atoms. The molecule has 4 unspecified atom stereocenters. The van der Waals surface area contributed by atoms with Gasteiger partial charge in [0.25, 0.3) is 0 Å². The van der Waals surface area contributed by atoms with E-state index >= 15 is 0 Å². The Morgan fingerprint density at radius 3 is 3.00 bits per heavy atom. The molecule has 4 atom stereocenters. The van der Waals surface area contributed by atoms with Crippen molar-refractivity contribution in [2.45, 2.75) is 29.3 Å². The van der Waals surface area contributed by atoms with Crippen molar-refractivity contribution in [2.24, 2.45) is 0 Å². The second-order valence-corrected chi connectivity index (χ2v) is 6.43. The van der Waals surface area contributed by atoms with Gasteiger partial charge in [0, 0.05) is 6.92 Å². The van der Waals surface area contributed by atoms with Crippen molar-refractivity contribution in [2.75, 3.05) is 6.54 Å². The molecule has 0 aromatic rings. The molecule has 2 fully saturated rings. The Bertz CT molecular complexity index is 212. The van der Waals surface area contributed by atoms with Crippen molar-refractivity contribution in [3.63, 3.8) is 0 Å². The van der Waals surface area contributed by atoms with Crippen LogP contribution in [0.2, 0.25) is 0 Å². The second kappa shape index (κ2) is 3.68. The van der Waals surface area contributed by atoms with Gasteiger partial charge in [-0.3, -0.25) is 4.79 Å². The zero-order chi connectivity index (χ0) is 9.42. The minimum atomic E-state index is 0.0311. The summed E-state index contributed by atoms with van der Waals surface area (Å²) in [5.41, 5.74) is 3.44. The summed E-state index contributed by atoms with van der Waals surface area (Å²) in [4.78, 5) is 10.8. The number of thioether (sulfide) groups is 2. The fourth-order valence-corrected chi connectivity index (χ4v) is 4.78. The van der Waals surface area contributed by atoms with E-state index in [0.717, 1.165) is 11.8 Å². The maximum atomic E-state index is 10.8. The lowest BCUT2D eigenvalue weighted by Gasteiger charge is -2.11. The zero-order valence-electron chi connectivity index (χ0n) is 7.66. The fraction of sp³-hybridized carbons (Fsp3) is 0.857. The molecule has 13 heavy (non-hydrogen) atoms. The highest BCUT2D eigenvalue weighted by molar-refractivity contribution is 8.17. The smallest absolute Gasteiger partial charge is 0.218 e. The van der Waals surface area contributed by atoms with Crippen LogP contribution in [0.4, 0.5) is 0 Å². The van der Waals surface area contributed by atoms with Crippen LogP contribution in [0.1, 0.15) is 13.8 Å². The molecule has 4 nitrogen and oxygen atoms in total. The average Bonchev–Trinajstić information content (AvgIpc) is 2.41. The molecule has 74 valence electrons. The Morgan fingerprint density at radius 2 is 2.38 bits per heavy atom. The molecule has 2 heterocycles. The summed E-state index contributed by atoms with van der Waals surface area (Å²) in [5, 5.41) is 4.97. The van der Waals surface area contributed by atoms with E-state index in [9.17, 15) is 4.79 Å². The Balaban J connectivity index is 1.86. The van der Waals surface area contributed by atoms with Crippen molar-refractivity contribution in [1.82, 2.24) is 10.7 Å². The van der Waals surface area contributed by atoms with E-state index in [1.54, 1.807) is 18.7 Å². The number of carbonyl (C=O) groups is 1. The van der Waals surface area contributed by atoms with E-state index in [1.165, 1.54) is 5.01 Å². The molecule has 6 heteroatoms. The number of carbonyl (C=O) groups excluding carboxylic acids is 1. The van der Waals surface area contributed by atoms with Crippen molar-refractivity contribution < 1.29 is 9.80 Å². The number of rotatable bonds is 1. The van der Waals surface area contributed by atoms with Crippen molar-refractivity contribution in [1.29, 1.82) is 0 Å². The summed E-state index contributed by atoms with van der Waals surface area (Å²) in [6.07, 6.45) is 0. The van der Waals surface area contributed by atoms with Crippen LogP contribution in [-0.4, -0.2) is 27.9 Å². The number of amides is 1. The molecule has 2 aliphatic heterocycles. The molecular formula is C7H14N3OS2+. The van der Waals surface area contributed by atoms with Gasteiger partial charge in [-0.05, 0) is 18.7 Å². The highest BCUT2D eigenvalue weighted by atomic mass is 32.2. The Labute approximate surface area is 86.2 Å². The van der Waals surface area contributed by atoms with Gasteiger partial charge in [-0.15, -0.1) is 5.43 Å². The van der Waals surface area contributed by atoms with Crippen LogP contribution >= 0.6 is 23.5 Å². The molecule has 2 aliphatic rings. The topological polar surface area (TPSA) is 45.6 Å². The first-order chi connectivity index (χ1) is 6.15. The summed E-state index contributed by atoms with van der Waals surface area (Å²) in [7, 11) is 0. The quantitative estimate of drug-likeness (QED) is 0.528. The molecule has 0 spiro atoms. The monoisotopic (exact) mass is 220 g/mol. The third-order valence-corrected chi connectivity index (χ3v) is 4.93. The van der Waals surface area contributed by atoms with Crippen LogP contribution in [-0.2, 0) is 4.79 Å². The average molecular weight is 220 g/mol. The maximum absolute atomic E-state index is 10.8. The molecule has 0 aliphatic carbocycles. The predicted octanol–water partition coefficient (Wildman–Crippen LogP) is -1.04. The van der Waals surface area contributed by atoms with E-state index in [4.69, 9.17) is 0 Å². The molecule has 0 saturated carbocycles. The highest BCUT2D eigenvalue weighted by Crippen LogP contribution is 2.30. The third-order valence-electron chi connectivity index (χ3n) is 2.06. The van der Waals surface area contributed by atoms with Gasteiger partial charge in [-0.2, -0.15) is 0 Å². The van der Waals surface area contributed by atoms with Crippen molar-refractivity contribution >= 4 is 29.4 Å². The lowest BCUT2D eigenvalue weighted by molar-refractivity contribution is -0.932. The summed E-state index contributed by atoms with van der Waals surface area (Å²) >= 11 is 3.78. The molecule has 0 radical (unpaired) electrons. The van der Waals surface area contributed by atoms with E-state index < -0.39 is 0 Å². The number of quaternary nitrogens is 1. The summed E-state index contributed by atoms with van der Waals surface area (Å²) in [6.45, 7) is 4.93.